The summed E-state index contributed by atoms with van der Waals surface area (Å²) < 4.78 is 0. The average molecular weight is 240 g/mol. The summed E-state index contributed by atoms with van der Waals surface area (Å²) in [7, 11) is 2.00. The van der Waals surface area contributed by atoms with Crippen molar-refractivity contribution in [3.05, 3.63) is 65.5 Å². The SMILES string of the molecule is CNC(CCc1ccccc1)c1cc(C)ccn1. The first-order valence-electron chi connectivity index (χ1n) is 6.43. The Labute approximate surface area is 109 Å². The third kappa shape index (κ3) is 3.41. The van der Waals surface area contributed by atoms with E-state index in [2.05, 4.69) is 53.6 Å². The second-order valence-electron chi connectivity index (χ2n) is 4.62. The molecule has 1 unspecified atom stereocenters. The first-order valence-corrected chi connectivity index (χ1v) is 6.43. The van der Waals surface area contributed by atoms with E-state index in [1.165, 1.54) is 11.1 Å². The smallest absolute Gasteiger partial charge is 0.0575 e. The van der Waals surface area contributed by atoms with Gasteiger partial charge in [-0.1, -0.05) is 30.3 Å². The molecule has 1 heterocycles. The van der Waals surface area contributed by atoms with Crippen molar-refractivity contribution in [2.45, 2.75) is 25.8 Å². The lowest BCUT2D eigenvalue weighted by Gasteiger charge is -2.16. The minimum Gasteiger partial charge on any atom is -0.312 e. The van der Waals surface area contributed by atoms with Crippen LogP contribution in [0.1, 0.15) is 29.3 Å². The number of rotatable bonds is 5. The lowest BCUT2D eigenvalue weighted by atomic mass is 10.0. The summed E-state index contributed by atoms with van der Waals surface area (Å²) in [5, 5.41) is 3.35. The number of aryl methyl sites for hydroxylation is 2. The van der Waals surface area contributed by atoms with Crippen LogP contribution in [0.25, 0.3) is 0 Å². The van der Waals surface area contributed by atoms with E-state index < -0.39 is 0 Å². The monoisotopic (exact) mass is 240 g/mol. The predicted molar refractivity (Wildman–Crippen MR) is 75.5 cm³/mol. The lowest BCUT2D eigenvalue weighted by Crippen LogP contribution is -2.18. The lowest BCUT2D eigenvalue weighted by molar-refractivity contribution is 0.535. The molecule has 0 saturated heterocycles. The molecule has 18 heavy (non-hydrogen) atoms. The Hall–Kier alpha value is -1.67. The van der Waals surface area contributed by atoms with Gasteiger partial charge in [-0.2, -0.15) is 0 Å². The maximum Gasteiger partial charge on any atom is 0.0575 e. The Balaban J connectivity index is 2.02. The largest absolute Gasteiger partial charge is 0.312 e. The molecule has 0 aliphatic rings. The summed E-state index contributed by atoms with van der Waals surface area (Å²) in [5.74, 6) is 0. The summed E-state index contributed by atoms with van der Waals surface area (Å²) in [6, 6.07) is 15.1. The molecule has 2 nitrogen and oxygen atoms in total. The standard InChI is InChI=1S/C16H20N2/c1-13-10-11-18-16(12-13)15(17-2)9-8-14-6-4-3-5-7-14/h3-7,10-12,15,17H,8-9H2,1-2H3. The van der Waals surface area contributed by atoms with E-state index in [4.69, 9.17) is 0 Å². The molecule has 2 heteroatoms. The topological polar surface area (TPSA) is 24.9 Å². The van der Waals surface area contributed by atoms with Crippen LogP contribution in [0.4, 0.5) is 0 Å². The van der Waals surface area contributed by atoms with E-state index in [0.29, 0.717) is 6.04 Å². The third-order valence-corrected chi connectivity index (χ3v) is 3.21. The van der Waals surface area contributed by atoms with Crippen LogP contribution < -0.4 is 5.32 Å². The summed E-state index contributed by atoms with van der Waals surface area (Å²) in [5.41, 5.74) is 3.78. The first-order chi connectivity index (χ1) is 8.79. The van der Waals surface area contributed by atoms with Crippen LogP contribution in [0.2, 0.25) is 0 Å². The number of benzene rings is 1. The van der Waals surface area contributed by atoms with Gasteiger partial charge in [-0.05, 0) is 50.1 Å². The van der Waals surface area contributed by atoms with Gasteiger partial charge in [0.25, 0.3) is 0 Å². The van der Waals surface area contributed by atoms with Crippen molar-refractivity contribution >= 4 is 0 Å². The van der Waals surface area contributed by atoms with Crippen LogP contribution >= 0.6 is 0 Å². The Morgan fingerprint density at radius 1 is 1.17 bits per heavy atom. The fourth-order valence-corrected chi connectivity index (χ4v) is 2.15. The Kier molecular flexibility index (Phi) is 4.48. The molecular weight excluding hydrogens is 220 g/mol. The molecule has 0 radical (unpaired) electrons. The van der Waals surface area contributed by atoms with Crippen molar-refractivity contribution in [2.24, 2.45) is 0 Å². The molecular formula is C16H20N2. The van der Waals surface area contributed by atoms with Gasteiger partial charge in [-0.3, -0.25) is 4.98 Å². The molecule has 0 aliphatic carbocycles. The van der Waals surface area contributed by atoms with E-state index >= 15 is 0 Å². The Morgan fingerprint density at radius 3 is 2.61 bits per heavy atom. The molecule has 0 fully saturated rings. The van der Waals surface area contributed by atoms with Crippen LogP contribution in [0.5, 0.6) is 0 Å². The van der Waals surface area contributed by atoms with E-state index in [1.54, 1.807) is 0 Å². The van der Waals surface area contributed by atoms with Gasteiger partial charge in [-0.25, -0.2) is 0 Å². The van der Waals surface area contributed by atoms with Gasteiger partial charge in [0.1, 0.15) is 0 Å². The van der Waals surface area contributed by atoms with Crippen LogP contribution in [-0.2, 0) is 6.42 Å². The maximum absolute atomic E-state index is 4.46. The van der Waals surface area contributed by atoms with Gasteiger partial charge in [0, 0.05) is 12.2 Å². The Bertz CT molecular complexity index is 479. The van der Waals surface area contributed by atoms with Crippen molar-refractivity contribution in [2.75, 3.05) is 7.05 Å². The maximum atomic E-state index is 4.46. The normalized spacial score (nSPS) is 12.3. The van der Waals surface area contributed by atoms with Gasteiger partial charge >= 0.3 is 0 Å². The summed E-state index contributed by atoms with van der Waals surface area (Å²) in [4.78, 5) is 4.46. The van der Waals surface area contributed by atoms with Crippen LogP contribution in [-0.4, -0.2) is 12.0 Å². The summed E-state index contributed by atoms with van der Waals surface area (Å²) in [6.45, 7) is 2.11. The highest BCUT2D eigenvalue weighted by Crippen LogP contribution is 2.17. The van der Waals surface area contributed by atoms with Gasteiger partial charge in [-0.15, -0.1) is 0 Å². The third-order valence-electron chi connectivity index (χ3n) is 3.21. The minimum absolute atomic E-state index is 0.324. The number of pyridine rings is 1. The molecule has 1 aromatic heterocycles. The molecule has 2 rings (SSSR count). The van der Waals surface area contributed by atoms with E-state index in [1.807, 2.05) is 19.3 Å². The van der Waals surface area contributed by atoms with Gasteiger partial charge in [0.05, 0.1) is 5.69 Å². The molecule has 1 aromatic carbocycles. The first kappa shape index (κ1) is 12.8. The molecule has 1 N–H and O–H groups in total. The molecule has 0 spiro atoms. The molecule has 94 valence electrons. The molecule has 0 aliphatic heterocycles. The molecule has 0 bridgehead atoms. The molecule has 1 atom stereocenters. The van der Waals surface area contributed by atoms with E-state index in [-0.39, 0.29) is 0 Å². The van der Waals surface area contributed by atoms with Crippen molar-refractivity contribution in [3.8, 4) is 0 Å². The van der Waals surface area contributed by atoms with Gasteiger partial charge in [0.15, 0.2) is 0 Å². The Morgan fingerprint density at radius 2 is 1.94 bits per heavy atom. The molecule has 0 saturated carbocycles. The number of hydrogen-bond acceptors (Lipinski definition) is 2. The number of aromatic nitrogens is 1. The van der Waals surface area contributed by atoms with Crippen LogP contribution in [0.3, 0.4) is 0 Å². The van der Waals surface area contributed by atoms with Gasteiger partial charge < -0.3 is 5.32 Å². The summed E-state index contributed by atoms with van der Waals surface area (Å²) >= 11 is 0. The zero-order valence-electron chi connectivity index (χ0n) is 11.1. The van der Waals surface area contributed by atoms with E-state index in [9.17, 15) is 0 Å². The van der Waals surface area contributed by atoms with Crippen molar-refractivity contribution in [3.63, 3.8) is 0 Å². The predicted octanol–water partition coefficient (Wildman–Crippen LogP) is 3.28. The van der Waals surface area contributed by atoms with Crippen LogP contribution in [0.15, 0.2) is 48.7 Å². The number of nitrogens with zero attached hydrogens (tertiary/aromatic N) is 1. The fraction of sp³-hybridized carbons (Fsp3) is 0.312. The zero-order chi connectivity index (χ0) is 12.8. The number of nitrogens with one attached hydrogen (secondary N) is 1. The van der Waals surface area contributed by atoms with Crippen LogP contribution in [0, 0.1) is 6.92 Å². The van der Waals surface area contributed by atoms with Crippen molar-refractivity contribution in [1.29, 1.82) is 0 Å². The highest BCUT2D eigenvalue weighted by Gasteiger charge is 2.10. The highest BCUT2D eigenvalue weighted by molar-refractivity contribution is 5.19. The van der Waals surface area contributed by atoms with E-state index in [0.717, 1.165) is 18.5 Å². The van der Waals surface area contributed by atoms with Crippen molar-refractivity contribution < 1.29 is 0 Å². The molecule has 2 aromatic rings. The summed E-state index contributed by atoms with van der Waals surface area (Å²) in [6.07, 6.45) is 4.02. The second kappa shape index (κ2) is 6.31. The molecule has 0 amide bonds. The number of hydrogen-bond donors (Lipinski definition) is 1. The fourth-order valence-electron chi connectivity index (χ4n) is 2.15. The highest BCUT2D eigenvalue weighted by atomic mass is 14.9. The quantitative estimate of drug-likeness (QED) is 0.867. The second-order valence-corrected chi connectivity index (χ2v) is 4.62. The minimum atomic E-state index is 0.324. The van der Waals surface area contributed by atoms with Crippen molar-refractivity contribution in [1.82, 2.24) is 10.3 Å². The van der Waals surface area contributed by atoms with Gasteiger partial charge in [0.2, 0.25) is 0 Å². The average Bonchev–Trinajstić information content (AvgIpc) is 2.41. The zero-order valence-corrected chi connectivity index (χ0v) is 11.1.